The molecule has 0 bridgehead atoms. The predicted molar refractivity (Wildman–Crippen MR) is 88.1 cm³/mol. The van der Waals surface area contributed by atoms with Gasteiger partial charge in [-0.15, -0.1) is 13.2 Å². The van der Waals surface area contributed by atoms with Gasteiger partial charge in [0.2, 0.25) is 0 Å². The third-order valence-corrected chi connectivity index (χ3v) is 3.58. The van der Waals surface area contributed by atoms with Gasteiger partial charge in [0, 0.05) is 19.2 Å². The van der Waals surface area contributed by atoms with E-state index in [1.807, 2.05) is 0 Å². The van der Waals surface area contributed by atoms with Crippen molar-refractivity contribution in [2.45, 2.75) is 19.3 Å². The minimum absolute atomic E-state index is 0.0716. The first-order valence-electron chi connectivity index (χ1n) is 7.82. The maximum atomic E-state index is 13.5. The Morgan fingerprint density at radius 3 is 2.35 bits per heavy atom. The fourth-order valence-electron chi connectivity index (χ4n) is 2.33. The highest BCUT2D eigenvalue weighted by Gasteiger charge is 2.32. The Kier molecular flexibility index (Phi) is 6.43. The van der Waals surface area contributed by atoms with E-state index in [1.54, 1.807) is 24.3 Å². The van der Waals surface area contributed by atoms with E-state index in [9.17, 15) is 22.4 Å². The van der Waals surface area contributed by atoms with Gasteiger partial charge in [-0.2, -0.15) is 0 Å². The summed E-state index contributed by atoms with van der Waals surface area (Å²) in [5.74, 6) is -0.709. The highest BCUT2D eigenvalue weighted by Crippen LogP contribution is 2.26. The van der Waals surface area contributed by atoms with Gasteiger partial charge in [-0.25, -0.2) is 9.18 Å². The number of carbonyl (C=O) groups is 1. The number of para-hydroxylation sites is 1. The second kappa shape index (κ2) is 8.55. The molecule has 2 aromatic carbocycles. The number of hydrogen-bond acceptors (Lipinski definition) is 2. The normalized spacial score (nSPS) is 11.1. The van der Waals surface area contributed by atoms with Gasteiger partial charge in [-0.3, -0.25) is 0 Å². The summed E-state index contributed by atoms with van der Waals surface area (Å²) in [5.41, 5.74) is 0.691. The molecule has 0 aliphatic rings. The Bertz CT molecular complexity index is 750. The topological polar surface area (TPSA) is 41.6 Å². The molecule has 0 heterocycles. The van der Waals surface area contributed by atoms with Crippen molar-refractivity contribution in [2.24, 2.45) is 0 Å². The second-order valence-electron chi connectivity index (χ2n) is 5.58. The van der Waals surface area contributed by atoms with E-state index in [-0.39, 0.29) is 30.2 Å². The first-order valence-corrected chi connectivity index (χ1v) is 7.82. The lowest BCUT2D eigenvalue weighted by Gasteiger charge is -2.20. The second-order valence-corrected chi connectivity index (χ2v) is 5.58. The molecule has 0 radical (unpaired) electrons. The van der Waals surface area contributed by atoms with Crippen LogP contribution in [0.2, 0.25) is 0 Å². The molecule has 2 rings (SSSR count). The number of halogens is 4. The number of benzene rings is 2. The highest BCUT2D eigenvalue weighted by molar-refractivity contribution is 5.73. The predicted octanol–water partition coefficient (Wildman–Crippen LogP) is 4.11. The summed E-state index contributed by atoms with van der Waals surface area (Å²) in [5, 5.41) is 2.60. The van der Waals surface area contributed by atoms with E-state index >= 15 is 0 Å². The largest absolute Gasteiger partial charge is 0.573 e. The molecule has 4 nitrogen and oxygen atoms in total. The Hall–Kier alpha value is -2.77. The van der Waals surface area contributed by atoms with Gasteiger partial charge in [0.25, 0.3) is 0 Å². The van der Waals surface area contributed by atoms with Crippen LogP contribution in [0.1, 0.15) is 11.1 Å². The molecule has 0 aliphatic heterocycles. The number of rotatable bonds is 6. The molecule has 0 unspecified atom stereocenters. The molecule has 0 saturated heterocycles. The van der Waals surface area contributed by atoms with E-state index in [0.29, 0.717) is 12.0 Å². The molecule has 0 spiro atoms. The van der Waals surface area contributed by atoms with Crippen LogP contribution in [0.5, 0.6) is 5.75 Å². The van der Waals surface area contributed by atoms with Crippen LogP contribution < -0.4 is 10.1 Å². The Morgan fingerprint density at radius 1 is 1.08 bits per heavy atom. The van der Waals surface area contributed by atoms with Crippen molar-refractivity contribution in [3.63, 3.8) is 0 Å². The van der Waals surface area contributed by atoms with E-state index < -0.39 is 12.4 Å². The van der Waals surface area contributed by atoms with Gasteiger partial charge < -0.3 is 15.0 Å². The molecule has 0 aromatic heterocycles. The molecule has 2 aromatic rings. The standard InChI is InChI=1S/C18H18F4N2O2/c1-24(12-14-7-3-5-9-16(14)26-18(20,21)22)17(25)23-11-10-13-6-2-4-8-15(13)19/h2-9H,10-12H2,1H3,(H,23,25). The first-order chi connectivity index (χ1) is 12.3. The Labute approximate surface area is 148 Å². The summed E-state index contributed by atoms with van der Waals surface area (Å²) in [6.45, 7) is 0.128. The van der Waals surface area contributed by atoms with Gasteiger partial charge in [0.1, 0.15) is 11.6 Å². The third-order valence-electron chi connectivity index (χ3n) is 3.58. The van der Waals surface area contributed by atoms with Crippen LogP contribution in [0.3, 0.4) is 0 Å². The number of ether oxygens (including phenoxy) is 1. The van der Waals surface area contributed by atoms with Gasteiger partial charge in [0.15, 0.2) is 0 Å². The third kappa shape index (κ3) is 5.94. The molecule has 140 valence electrons. The minimum Gasteiger partial charge on any atom is -0.405 e. The van der Waals surface area contributed by atoms with E-state index in [2.05, 4.69) is 10.1 Å². The maximum Gasteiger partial charge on any atom is 0.573 e. The van der Waals surface area contributed by atoms with Crippen LogP contribution in [-0.2, 0) is 13.0 Å². The molecular weight excluding hydrogens is 352 g/mol. The number of hydrogen-bond donors (Lipinski definition) is 1. The summed E-state index contributed by atoms with van der Waals surface area (Å²) < 4.78 is 54.8. The van der Waals surface area contributed by atoms with E-state index in [1.165, 1.54) is 36.2 Å². The van der Waals surface area contributed by atoms with Crippen LogP contribution in [-0.4, -0.2) is 30.9 Å². The summed E-state index contributed by atoms with van der Waals surface area (Å²) in [4.78, 5) is 13.3. The number of alkyl halides is 3. The van der Waals surface area contributed by atoms with Crippen molar-refractivity contribution < 1.29 is 27.1 Å². The average molecular weight is 370 g/mol. The molecule has 0 saturated carbocycles. The van der Waals surface area contributed by atoms with Crippen molar-refractivity contribution in [1.29, 1.82) is 0 Å². The number of urea groups is 1. The Morgan fingerprint density at radius 2 is 1.69 bits per heavy atom. The quantitative estimate of drug-likeness (QED) is 0.778. The number of nitrogens with one attached hydrogen (secondary N) is 1. The average Bonchev–Trinajstić information content (AvgIpc) is 2.57. The summed E-state index contributed by atoms with van der Waals surface area (Å²) >= 11 is 0. The van der Waals surface area contributed by atoms with E-state index in [4.69, 9.17) is 0 Å². The fourth-order valence-corrected chi connectivity index (χ4v) is 2.33. The fraction of sp³-hybridized carbons (Fsp3) is 0.278. The van der Waals surface area contributed by atoms with Crippen molar-refractivity contribution >= 4 is 6.03 Å². The summed E-state index contributed by atoms with van der Waals surface area (Å²) in [7, 11) is 1.45. The maximum absolute atomic E-state index is 13.5. The minimum atomic E-state index is -4.81. The lowest BCUT2D eigenvalue weighted by molar-refractivity contribution is -0.275. The van der Waals surface area contributed by atoms with E-state index in [0.717, 1.165) is 0 Å². The molecule has 26 heavy (non-hydrogen) atoms. The van der Waals surface area contributed by atoms with Crippen LogP contribution in [0.25, 0.3) is 0 Å². The molecule has 1 N–H and O–H groups in total. The van der Waals surface area contributed by atoms with Crippen LogP contribution >= 0.6 is 0 Å². The number of amides is 2. The molecule has 0 atom stereocenters. The van der Waals surface area contributed by atoms with Gasteiger partial charge in [-0.1, -0.05) is 36.4 Å². The zero-order valence-electron chi connectivity index (χ0n) is 14.0. The van der Waals surface area contributed by atoms with Gasteiger partial charge in [0.05, 0.1) is 6.54 Å². The molecule has 2 amide bonds. The van der Waals surface area contributed by atoms with Crippen LogP contribution in [0.15, 0.2) is 48.5 Å². The summed E-state index contributed by atoms with van der Waals surface area (Å²) in [6, 6.07) is 11.4. The highest BCUT2D eigenvalue weighted by atomic mass is 19.4. The summed E-state index contributed by atoms with van der Waals surface area (Å²) in [6.07, 6.45) is -4.50. The van der Waals surface area contributed by atoms with Crippen molar-refractivity contribution in [3.8, 4) is 5.75 Å². The lowest BCUT2D eigenvalue weighted by atomic mass is 10.1. The number of carbonyl (C=O) groups excluding carboxylic acids is 1. The molecule has 8 heteroatoms. The van der Waals surface area contributed by atoms with Crippen molar-refractivity contribution in [1.82, 2.24) is 10.2 Å². The smallest absolute Gasteiger partial charge is 0.405 e. The van der Waals surface area contributed by atoms with Gasteiger partial charge >= 0.3 is 12.4 Å². The molecule has 0 fully saturated rings. The monoisotopic (exact) mass is 370 g/mol. The van der Waals surface area contributed by atoms with Crippen LogP contribution in [0.4, 0.5) is 22.4 Å². The molecular formula is C18H18F4N2O2. The zero-order chi connectivity index (χ0) is 19.2. The molecule has 0 aliphatic carbocycles. The zero-order valence-corrected chi connectivity index (χ0v) is 14.0. The van der Waals surface area contributed by atoms with Crippen molar-refractivity contribution in [2.75, 3.05) is 13.6 Å². The van der Waals surface area contributed by atoms with Gasteiger partial charge in [-0.05, 0) is 24.1 Å². The van der Waals surface area contributed by atoms with Crippen LogP contribution in [0, 0.1) is 5.82 Å². The van der Waals surface area contributed by atoms with Crippen molar-refractivity contribution in [3.05, 3.63) is 65.5 Å². The lowest BCUT2D eigenvalue weighted by Crippen LogP contribution is -2.38. The number of nitrogens with zero attached hydrogens (tertiary/aromatic N) is 1. The first kappa shape index (κ1) is 19.6. The SMILES string of the molecule is CN(Cc1ccccc1OC(F)(F)F)C(=O)NCCc1ccccc1F. The Balaban J connectivity index is 1.90.